The molecule has 5 rings (SSSR count). The van der Waals surface area contributed by atoms with E-state index in [1.165, 1.54) is 11.0 Å². The molecule has 5 aromatic rings. The number of nitrogens with zero attached hydrogens (tertiary/aromatic N) is 7. The van der Waals surface area contributed by atoms with E-state index in [2.05, 4.69) is 42.5 Å². The van der Waals surface area contributed by atoms with Gasteiger partial charge in [-0.3, -0.25) is 14.6 Å². The van der Waals surface area contributed by atoms with Gasteiger partial charge < -0.3 is 15.0 Å². The third-order valence-corrected chi connectivity index (χ3v) is 6.66. The predicted molar refractivity (Wildman–Crippen MR) is 158 cm³/mol. The zero-order chi connectivity index (χ0) is 29.9. The highest BCUT2D eigenvalue weighted by molar-refractivity contribution is 6.31. The van der Waals surface area contributed by atoms with Crippen LogP contribution in [0.2, 0.25) is 5.02 Å². The Hall–Kier alpha value is -4.92. The second-order valence-corrected chi connectivity index (χ2v) is 10.7. The maximum absolute atomic E-state index is 13.2. The van der Waals surface area contributed by atoms with Crippen molar-refractivity contribution < 1.29 is 9.90 Å². The summed E-state index contributed by atoms with van der Waals surface area (Å²) in [6, 6.07) is 10.3. The number of hydrogen-bond acceptors (Lipinski definition) is 8. The van der Waals surface area contributed by atoms with Crippen LogP contribution in [-0.4, -0.2) is 57.9 Å². The molecule has 0 saturated carbocycles. The van der Waals surface area contributed by atoms with Crippen molar-refractivity contribution in [3.8, 4) is 28.9 Å². The Kier molecular flexibility index (Phi) is 8.10. The maximum atomic E-state index is 13.2. The first-order valence-electron chi connectivity index (χ1n) is 13.1. The van der Waals surface area contributed by atoms with E-state index in [9.17, 15) is 14.7 Å². The number of carbonyl (C=O) groups is 1. The van der Waals surface area contributed by atoms with Crippen LogP contribution in [0.3, 0.4) is 0 Å². The quantitative estimate of drug-likeness (QED) is 0.220. The van der Waals surface area contributed by atoms with Crippen molar-refractivity contribution in [1.29, 1.82) is 0 Å². The number of aryl methyl sites for hydroxylation is 1. The van der Waals surface area contributed by atoms with Crippen molar-refractivity contribution in [2.75, 3.05) is 6.54 Å². The Morgan fingerprint density at radius 3 is 2.76 bits per heavy atom. The van der Waals surface area contributed by atoms with Crippen molar-refractivity contribution in [3.05, 3.63) is 93.1 Å². The summed E-state index contributed by atoms with van der Waals surface area (Å²) in [5, 5.41) is 25.5. The lowest BCUT2D eigenvalue weighted by Crippen LogP contribution is -2.31. The SMILES string of the molecule is Cn1nnc(-c2cncc(C#Cc3cc(-n4cc(C(=O)NCCCC(C)(C)O)c(=O)c5cccnc54)ccc3Cl)c2)n1. The van der Waals surface area contributed by atoms with Gasteiger partial charge in [0.15, 0.2) is 0 Å². The molecule has 2 N–H and O–H groups in total. The van der Waals surface area contributed by atoms with E-state index < -0.39 is 16.9 Å². The lowest BCUT2D eigenvalue weighted by Gasteiger charge is -2.17. The van der Waals surface area contributed by atoms with Gasteiger partial charge in [-0.25, -0.2) is 4.98 Å². The molecule has 0 unspecified atom stereocenters. The van der Waals surface area contributed by atoms with Crippen molar-refractivity contribution in [2.45, 2.75) is 32.3 Å². The van der Waals surface area contributed by atoms with Gasteiger partial charge in [0.1, 0.15) is 11.2 Å². The van der Waals surface area contributed by atoms with E-state index in [4.69, 9.17) is 11.6 Å². The number of halogens is 1. The van der Waals surface area contributed by atoms with Gasteiger partial charge in [0.25, 0.3) is 5.91 Å². The molecule has 212 valence electrons. The molecule has 11 nitrogen and oxygen atoms in total. The van der Waals surface area contributed by atoms with E-state index in [0.29, 0.717) is 63.6 Å². The molecule has 1 aromatic carbocycles. The van der Waals surface area contributed by atoms with E-state index >= 15 is 0 Å². The topological polar surface area (TPSA) is 141 Å². The Labute approximate surface area is 246 Å². The molecule has 42 heavy (non-hydrogen) atoms. The lowest BCUT2D eigenvalue weighted by atomic mass is 10.0. The van der Waals surface area contributed by atoms with Crippen molar-refractivity contribution in [2.24, 2.45) is 7.05 Å². The number of benzene rings is 1. The molecule has 1 amide bonds. The number of pyridine rings is 3. The summed E-state index contributed by atoms with van der Waals surface area (Å²) in [5.74, 6) is 6.09. The highest BCUT2D eigenvalue weighted by Gasteiger charge is 2.18. The number of aliphatic hydroxyl groups is 1. The standard InChI is InChI=1S/C30H27ClN8O3/c1-30(2,42)11-5-13-34-29(41)24-18-39(28-23(26(24)40)6-4-12-33-28)22-9-10-25(31)20(15-22)8-7-19-14-21(17-32-16-19)27-35-37-38(3)36-27/h4,6,9-10,12,14-18,42H,5,11,13H2,1-3H3,(H,34,41). The number of aromatic nitrogens is 7. The van der Waals surface area contributed by atoms with Crippen LogP contribution in [0.1, 0.15) is 48.2 Å². The summed E-state index contributed by atoms with van der Waals surface area (Å²) in [6.45, 7) is 3.73. The second kappa shape index (κ2) is 11.9. The molecular weight excluding hydrogens is 556 g/mol. The van der Waals surface area contributed by atoms with Crippen LogP contribution < -0.4 is 10.7 Å². The Bertz CT molecular complexity index is 1910. The van der Waals surface area contributed by atoms with Crippen molar-refractivity contribution in [1.82, 2.24) is 40.1 Å². The molecule has 4 heterocycles. The van der Waals surface area contributed by atoms with Gasteiger partial charge in [-0.15, -0.1) is 10.2 Å². The molecule has 0 saturated heterocycles. The fourth-order valence-electron chi connectivity index (χ4n) is 4.27. The number of carbonyl (C=O) groups excluding carboxylic acids is 1. The number of nitrogens with one attached hydrogen (secondary N) is 1. The third kappa shape index (κ3) is 6.52. The largest absolute Gasteiger partial charge is 0.390 e. The Morgan fingerprint density at radius 1 is 1.17 bits per heavy atom. The fraction of sp³-hybridized carbons (Fsp3) is 0.233. The van der Waals surface area contributed by atoms with Crippen molar-refractivity contribution >= 4 is 28.5 Å². The molecule has 0 aliphatic heterocycles. The van der Waals surface area contributed by atoms with Crippen LogP contribution in [0.15, 0.2) is 66.0 Å². The zero-order valence-corrected chi connectivity index (χ0v) is 23.9. The van der Waals surface area contributed by atoms with Gasteiger partial charge in [0.2, 0.25) is 11.3 Å². The second-order valence-electron chi connectivity index (χ2n) is 10.3. The monoisotopic (exact) mass is 582 g/mol. The molecule has 4 aromatic heterocycles. The van der Waals surface area contributed by atoms with Crippen LogP contribution in [0.5, 0.6) is 0 Å². The third-order valence-electron chi connectivity index (χ3n) is 6.33. The highest BCUT2D eigenvalue weighted by Crippen LogP contribution is 2.22. The van der Waals surface area contributed by atoms with Crippen LogP contribution in [-0.2, 0) is 7.05 Å². The smallest absolute Gasteiger partial charge is 0.256 e. The summed E-state index contributed by atoms with van der Waals surface area (Å²) < 4.78 is 1.67. The fourth-order valence-corrected chi connectivity index (χ4v) is 4.43. The van der Waals surface area contributed by atoms with Crippen LogP contribution in [0.4, 0.5) is 0 Å². The van der Waals surface area contributed by atoms with E-state index in [1.54, 1.807) is 80.5 Å². The number of rotatable bonds is 7. The Balaban J connectivity index is 1.49. The molecule has 0 bridgehead atoms. The van der Waals surface area contributed by atoms with E-state index in [0.717, 1.165) is 0 Å². The van der Waals surface area contributed by atoms with Gasteiger partial charge in [0, 0.05) is 53.7 Å². The van der Waals surface area contributed by atoms with Crippen molar-refractivity contribution in [3.63, 3.8) is 0 Å². The first-order valence-corrected chi connectivity index (χ1v) is 13.5. The molecule has 0 aliphatic carbocycles. The summed E-state index contributed by atoms with van der Waals surface area (Å²) in [6.07, 6.45) is 7.38. The normalized spacial score (nSPS) is 11.3. The number of amides is 1. The van der Waals surface area contributed by atoms with Gasteiger partial charge in [-0.1, -0.05) is 23.4 Å². The zero-order valence-electron chi connectivity index (χ0n) is 23.2. The molecule has 0 fully saturated rings. The number of fused-ring (bicyclic) bond motifs is 1. The summed E-state index contributed by atoms with van der Waals surface area (Å²) in [7, 11) is 1.68. The Morgan fingerprint density at radius 2 is 2.00 bits per heavy atom. The predicted octanol–water partition coefficient (Wildman–Crippen LogP) is 3.31. The maximum Gasteiger partial charge on any atom is 0.256 e. The summed E-state index contributed by atoms with van der Waals surface area (Å²) in [4.78, 5) is 36.3. The summed E-state index contributed by atoms with van der Waals surface area (Å²) >= 11 is 6.50. The first-order chi connectivity index (χ1) is 20.1. The summed E-state index contributed by atoms with van der Waals surface area (Å²) in [5.41, 5.74) is 1.53. The van der Waals surface area contributed by atoms with Gasteiger partial charge in [0.05, 0.1) is 23.1 Å². The van der Waals surface area contributed by atoms with E-state index in [1.807, 2.05) is 0 Å². The highest BCUT2D eigenvalue weighted by atomic mass is 35.5. The molecule has 0 spiro atoms. The van der Waals surface area contributed by atoms with Gasteiger partial charge >= 0.3 is 0 Å². The van der Waals surface area contributed by atoms with Crippen LogP contribution in [0, 0.1) is 11.8 Å². The molecule has 12 heteroatoms. The van der Waals surface area contributed by atoms with E-state index in [-0.39, 0.29) is 5.56 Å². The first kappa shape index (κ1) is 28.6. The number of hydrogen-bond donors (Lipinski definition) is 2. The minimum Gasteiger partial charge on any atom is -0.390 e. The van der Waals surface area contributed by atoms with Crippen LogP contribution in [0.25, 0.3) is 28.1 Å². The molecule has 0 aliphatic rings. The minimum atomic E-state index is -0.839. The molecule has 0 atom stereocenters. The molecule has 0 radical (unpaired) electrons. The lowest BCUT2D eigenvalue weighted by molar-refractivity contribution is 0.0679. The average molecular weight is 583 g/mol. The minimum absolute atomic E-state index is 0.0261. The number of tetrazole rings is 1. The average Bonchev–Trinajstić information content (AvgIpc) is 3.41. The van der Waals surface area contributed by atoms with Gasteiger partial charge in [-0.2, -0.15) is 4.80 Å². The molecular formula is C30H27ClN8O3. The van der Waals surface area contributed by atoms with Crippen LogP contribution >= 0.6 is 11.6 Å². The van der Waals surface area contributed by atoms with Gasteiger partial charge in [-0.05, 0) is 68.3 Å².